The molecule has 5 aliphatic rings. The van der Waals surface area contributed by atoms with Crippen molar-refractivity contribution in [2.75, 3.05) is 0 Å². The summed E-state index contributed by atoms with van der Waals surface area (Å²) >= 11 is 0. The second-order valence-corrected chi connectivity index (χ2v) is 7.76. The van der Waals surface area contributed by atoms with Crippen LogP contribution in [0.4, 0.5) is 0 Å². The summed E-state index contributed by atoms with van der Waals surface area (Å²) in [4.78, 5) is 5.96. The number of hydrogen-bond donors (Lipinski definition) is 0. The zero-order valence-electron chi connectivity index (χ0n) is 13.1. The molecule has 0 radical (unpaired) electrons. The predicted molar refractivity (Wildman–Crippen MR) is 83.4 cm³/mol. The number of aryl methyl sites for hydroxylation is 3. The van der Waals surface area contributed by atoms with E-state index in [2.05, 4.69) is 38.1 Å². The lowest BCUT2D eigenvalue weighted by Gasteiger charge is -2.50. The third-order valence-electron chi connectivity index (χ3n) is 6.72. The van der Waals surface area contributed by atoms with Crippen molar-refractivity contribution >= 4 is 5.71 Å². The number of hydrogen-bond acceptors (Lipinski definition) is 2. The summed E-state index contributed by atoms with van der Waals surface area (Å²) < 4.78 is 0. The second-order valence-electron chi connectivity index (χ2n) is 7.76. The van der Waals surface area contributed by atoms with Gasteiger partial charge in [-0.2, -0.15) is 0 Å². The molecule has 0 spiro atoms. The Hall–Kier alpha value is -1.31. The van der Waals surface area contributed by atoms with Gasteiger partial charge in [-0.1, -0.05) is 29.3 Å². The van der Waals surface area contributed by atoms with Crippen LogP contribution in [0.1, 0.15) is 41.5 Å². The van der Waals surface area contributed by atoms with E-state index in [-0.39, 0.29) is 0 Å². The standard InChI is InChI=1S/C19H23NO/c1-9-7-10(2)14(11(3)8-9)18-17-15-12-5-4-6-13(15)16(12)19(17)21-20-18/h7-8,12-13,15-17,19H,4-6H2,1-3H3. The first-order valence-electron chi connectivity index (χ1n) is 8.49. The monoisotopic (exact) mass is 281 g/mol. The number of oxime groups is 1. The van der Waals surface area contributed by atoms with Gasteiger partial charge in [-0.3, -0.25) is 0 Å². The van der Waals surface area contributed by atoms with Crippen molar-refractivity contribution in [3.05, 3.63) is 34.4 Å². The van der Waals surface area contributed by atoms with Gasteiger partial charge in [0.05, 0.1) is 5.71 Å². The van der Waals surface area contributed by atoms with E-state index in [0.29, 0.717) is 12.0 Å². The molecule has 6 rings (SSSR count). The van der Waals surface area contributed by atoms with Gasteiger partial charge in [-0.25, -0.2) is 0 Å². The summed E-state index contributed by atoms with van der Waals surface area (Å²) in [6.07, 6.45) is 4.71. The van der Waals surface area contributed by atoms with Crippen molar-refractivity contribution < 1.29 is 4.84 Å². The van der Waals surface area contributed by atoms with Crippen molar-refractivity contribution in [2.24, 2.45) is 34.7 Å². The van der Waals surface area contributed by atoms with Gasteiger partial charge in [-0.05, 0) is 62.5 Å². The fourth-order valence-electron chi connectivity index (χ4n) is 6.29. The number of benzene rings is 1. The molecule has 0 N–H and O–H groups in total. The maximum absolute atomic E-state index is 5.96. The third kappa shape index (κ3) is 1.37. The molecule has 4 atom stereocenters. The Morgan fingerprint density at radius 2 is 1.67 bits per heavy atom. The van der Waals surface area contributed by atoms with Crippen molar-refractivity contribution in [1.29, 1.82) is 0 Å². The quantitative estimate of drug-likeness (QED) is 0.762. The van der Waals surface area contributed by atoms with Crippen LogP contribution in [-0.4, -0.2) is 11.8 Å². The molecule has 0 aromatic heterocycles. The van der Waals surface area contributed by atoms with Gasteiger partial charge in [0.2, 0.25) is 0 Å². The Labute approximate surface area is 126 Å². The largest absolute Gasteiger partial charge is 0.391 e. The van der Waals surface area contributed by atoms with Gasteiger partial charge < -0.3 is 4.84 Å². The second kappa shape index (κ2) is 3.91. The van der Waals surface area contributed by atoms with Gasteiger partial charge >= 0.3 is 0 Å². The average molecular weight is 281 g/mol. The van der Waals surface area contributed by atoms with Crippen molar-refractivity contribution in [1.82, 2.24) is 0 Å². The Kier molecular flexibility index (Phi) is 2.28. The van der Waals surface area contributed by atoms with Crippen LogP contribution in [0.25, 0.3) is 0 Å². The van der Waals surface area contributed by atoms with E-state index in [1.807, 2.05) is 0 Å². The Morgan fingerprint density at radius 1 is 1.00 bits per heavy atom. The number of nitrogens with zero attached hydrogens (tertiary/aromatic N) is 1. The molecule has 0 amide bonds. The Morgan fingerprint density at radius 3 is 2.33 bits per heavy atom. The van der Waals surface area contributed by atoms with Crippen LogP contribution in [0.15, 0.2) is 17.3 Å². The molecule has 0 saturated heterocycles. The molecule has 110 valence electrons. The van der Waals surface area contributed by atoms with Crippen molar-refractivity contribution in [3.63, 3.8) is 0 Å². The SMILES string of the molecule is Cc1cc(C)c(C2=NOC3C2C2C4CCCC2C43)c(C)c1. The fourth-order valence-corrected chi connectivity index (χ4v) is 6.29. The Balaban J connectivity index is 1.58. The number of rotatable bonds is 1. The fraction of sp³-hybridized carbons (Fsp3) is 0.632. The van der Waals surface area contributed by atoms with Gasteiger partial charge in [0.15, 0.2) is 0 Å². The van der Waals surface area contributed by atoms with Gasteiger partial charge in [0.1, 0.15) is 6.10 Å². The van der Waals surface area contributed by atoms with Gasteiger partial charge in [0.25, 0.3) is 0 Å². The molecule has 1 aromatic carbocycles. The van der Waals surface area contributed by atoms with Crippen LogP contribution >= 0.6 is 0 Å². The van der Waals surface area contributed by atoms with E-state index in [1.165, 1.54) is 47.2 Å². The summed E-state index contributed by atoms with van der Waals surface area (Å²) in [7, 11) is 0. The molecule has 4 saturated carbocycles. The lowest BCUT2D eigenvalue weighted by atomic mass is 9.54. The van der Waals surface area contributed by atoms with Crippen LogP contribution in [0.2, 0.25) is 0 Å². The molecule has 4 bridgehead atoms. The summed E-state index contributed by atoms with van der Waals surface area (Å²) in [5.74, 6) is 4.16. The van der Waals surface area contributed by atoms with Crippen molar-refractivity contribution in [3.8, 4) is 0 Å². The summed E-state index contributed by atoms with van der Waals surface area (Å²) in [6, 6.07) is 4.58. The highest BCUT2D eigenvalue weighted by Crippen LogP contribution is 2.69. The smallest absolute Gasteiger partial charge is 0.139 e. The highest BCUT2D eigenvalue weighted by molar-refractivity contribution is 6.06. The minimum absolute atomic E-state index is 0.403. The van der Waals surface area contributed by atoms with E-state index in [4.69, 9.17) is 4.84 Å². The molecule has 2 heteroatoms. The molecule has 4 unspecified atom stereocenters. The lowest BCUT2D eigenvalue weighted by molar-refractivity contribution is -0.0567. The van der Waals surface area contributed by atoms with Gasteiger partial charge in [0, 0.05) is 17.4 Å². The minimum atomic E-state index is 0.403. The molecule has 4 aliphatic carbocycles. The lowest BCUT2D eigenvalue weighted by Crippen LogP contribution is -2.46. The van der Waals surface area contributed by atoms with Gasteiger partial charge in [-0.15, -0.1) is 0 Å². The normalized spacial score (nSPS) is 42.1. The van der Waals surface area contributed by atoms with Crippen LogP contribution in [0.5, 0.6) is 0 Å². The molecule has 4 fully saturated rings. The maximum atomic E-state index is 5.96. The highest BCUT2D eigenvalue weighted by Gasteiger charge is 2.70. The molecule has 1 aromatic rings. The molecular formula is C19H23NO. The highest BCUT2D eigenvalue weighted by atomic mass is 16.6. The average Bonchev–Trinajstić information content (AvgIpc) is 3.06. The zero-order valence-corrected chi connectivity index (χ0v) is 13.1. The maximum Gasteiger partial charge on any atom is 0.139 e. The predicted octanol–water partition coefficient (Wildman–Crippen LogP) is 4.01. The van der Waals surface area contributed by atoms with Crippen molar-refractivity contribution in [2.45, 2.75) is 46.1 Å². The Bertz CT molecular complexity index is 627. The topological polar surface area (TPSA) is 21.6 Å². The molecular weight excluding hydrogens is 258 g/mol. The van der Waals surface area contributed by atoms with E-state index >= 15 is 0 Å². The first-order valence-corrected chi connectivity index (χ1v) is 8.49. The van der Waals surface area contributed by atoms with Crippen LogP contribution in [0, 0.1) is 50.4 Å². The molecule has 1 heterocycles. The van der Waals surface area contributed by atoms with E-state index in [0.717, 1.165) is 23.7 Å². The van der Waals surface area contributed by atoms with E-state index < -0.39 is 0 Å². The first-order chi connectivity index (χ1) is 10.2. The van der Waals surface area contributed by atoms with Crippen LogP contribution in [-0.2, 0) is 4.84 Å². The molecule has 2 nitrogen and oxygen atoms in total. The zero-order chi connectivity index (χ0) is 14.3. The molecule has 1 aliphatic heterocycles. The minimum Gasteiger partial charge on any atom is -0.391 e. The summed E-state index contributed by atoms with van der Waals surface area (Å²) in [6.45, 7) is 6.63. The van der Waals surface area contributed by atoms with E-state index in [1.54, 1.807) is 0 Å². The summed E-state index contributed by atoms with van der Waals surface area (Å²) in [5.41, 5.74) is 6.72. The van der Waals surface area contributed by atoms with Crippen LogP contribution in [0.3, 0.4) is 0 Å². The molecule has 21 heavy (non-hydrogen) atoms. The third-order valence-corrected chi connectivity index (χ3v) is 6.72. The van der Waals surface area contributed by atoms with Crippen LogP contribution < -0.4 is 0 Å². The summed E-state index contributed by atoms with van der Waals surface area (Å²) in [5, 5.41) is 4.57. The first kappa shape index (κ1) is 12.3. The van der Waals surface area contributed by atoms with E-state index in [9.17, 15) is 0 Å².